The quantitative estimate of drug-likeness (QED) is 0.831. The van der Waals surface area contributed by atoms with Crippen LogP contribution in [0.25, 0.3) is 0 Å². The molecule has 0 atom stereocenters. The van der Waals surface area contributed by atoms with E-state index < -0.39 is 11.8 Å². The van der Waals surface area contributed by atoms with Gasteiger partial charge in [-0.1, -0.05) is 0 Å². The highest BCUT2D eigenvalue weighted by Gasteiger charge is 2.17. The average Bonchev–Trinajstić information content (AvgIpc) is 2.86. The molecule has 100 valence electrons. The van der Waals surface area contributed by atoms with Gasteiger partial charge in [0.25, 0.3) is 0 Å². The highest BCUT2D eigenvalue weighted by Crippen LogP contribution is 2.21. The Balaban J connectivity index is 1.98. The van der Waals surface area contributed by atoms with E-state index in [2.05, 4.69) is 20.6 Å². The minimum atomic E-state index is -0.750. The number of hydrogen-bond acceptors (Lipinski definition) is 6. The molecular weight excluding hydrogens is 284 g/mol. The molecule has 0 saturated carbocycles. The van der Waals surface area contributed by atoms with Crippen molar-refractivity contribution < 1.29 is 9.59 Å². The van der Waals surface area contributed by atoms with Crippen LogP contribution in [0, 0.1) is 20.8 Å². The zero-order valence-corrected chi connectivity index (χ0v) is 12.2. The number of aromatic nitrogens is 2. The molecule has 8 heteroatoms. The van der Waals surface area contributed by atoms with Gasteiger partial charge in [0, 0.05) is 10.3 Å². The largest absolute Gasteiger partial charge is 0.315 e. The highest BCUT2D eigenvalue weighted by molar-refractivity contribution is 7.16. The second-order valence-corrected chi connectivity index (χ2v) is 5.92. The van der Waals surface area contributed by atoms with Crippen molar-refractivity contribution in [3.63, 3.8) is 0 Å². The van der Waals surface area contributed by atoms with Crippen LogP contribution in [-0.4, -0.2) is 21.8 Å². The lowest BCUT2D eigenvalue weighted by Gasteiger charge is -2.00. The average molecular weight is 296 g/mol. The summed E-state index contributed by atoms with van der Waals surface area (Å²) in [6.45, 7) is 5.56. The van der Waals surface area contributed by atoms with Crippen molar-refractivity contribution in [3.05, 3.63) is 21.6 Å². The molecule has 0 fully saturated rings. The predicted octanol–water partition coefficient (Wildman–Crippen LogP) is 2.10. The van der Waals surface area contributed by atoms with E-state index in [1.165, 1.54) is 22.7 Å². The maximum absolute atomic E-state index is 11.7. The number of aryl methyl sites for hydroxylation is 3. The van der Waals surface area contributed by atoms with Crippen LogP contribution in [0.4, 0.5) is 10.3 Å². The molecule has 0 bridgehead atoms. The zero-order chi connectivity index (χ0) is 14.0. The molecule has 0 saturated heterocycles. The summed E-state index contributed by atoms with van der Waals surface area (Å²) in [6.07, 6.45) is 0. The van der Waals surface area contributed by atoms with Crippen molar-refractivity contribution in [1.82, 2.24) is 9.97 Å². The lowest BCUT2D eigenvalue weighted by atomic mass is 10.4. The van der Waals surface area contributed by atoms with Gasteiger partial charge in [0.05, 0.1) is 11.4 Å². The van der Waals surface area contributed by atoms with Gasteiger partial charge in [0.1, 0.15) is 0 Å². The van der Waals surface area contributed by atoms with Gasteiger partial charge in [-0.15, -0.1) is 22.7 Å². The summed E-state index contributed by atoms with van der Waals surface area (Å²) < 4.78 is 0. The van der Waals surface area contributed by atoms with Gasteiger partial charge >= 0.3 is 11.8 Å². The standard InChI is InChI=1S/C11H12N4O2S2/c1-5-4-18-10(12-5)14-8(16)9(17)15-11-13-6(2)7(3)19-11/h4H,1-3H3,(H,12,14,16)(H,13,15,17). The maximum atomic E-state index is 11.7. The molecule has 0 spiro atoms. The number of amides is 2. The second-order valence-electron chi connectivity index (χ2n) is 3.86. The smallest absolute Gasteiger partial charge is 0.294 e. The van der Waals surface area contributed by atoms with Gasteiger partial charge in [0.2, 0.25) is 0 Å². The van der Waals surface area contributed by atoms with Gasteiger partial charge in [-0.05, 0) is 20.8 Å². The normalized spacial score (nSPS) is 10.3. The first-order chi connectivity index (χ1) is 8.95. The summed E-state index contributed by atoms with van der Waals surface area (Å²) in [7, 11) is 0. The molecule has 0 aliphatic carbocycles. The SMILES string of the molecule is Cc1csc(NC(=O)C(=O)Nc2nc(C)c(C)s2)n1. The van der Waals surface area contributed by atoms with Crippen molar-refractivity contribution in [2.75, 3.05) is 10.6 Å². The molecule has 0 aliphatic heterocycles. The summed E-state index contributed by atoms with van der Waals surface area (Å²) in [5.41, 5.74) is 1.64. The topological polar surface area (TPSA) is 84.0 Å². The highest BCUT2D eigenvalue weighted by atomic mass is 32.1. The molecule has 2 aromatic heterocycles. The molecular formula is C11H12N4O2S2. The van der Waals surface area contributed by atoms with Gasteiger partial charge in [-0.2, -0.15) is 0 Å². The number of carbonyl (C=O) groups is 2. The number of carbonyl (C=O) groups excluding carboxylic acids is 2. The van der Waals surface area contributed by atoms with Crippen molar-refractivity contribution in [2.24, 2.45) is 0 Å². The lowest BCUT2D eigenvalue weighted by molar-refractivity contribution is -0.133. The van der Waals surface area contributed by atoms with Crippen LogP contribution in [0.1, 0.15) is 16.3 Å². The molecule has 2 amide bonds. The number of hydrogen-bond donors (Lipinski definition) is 2. The van der Waals surface area contributed by atoms with Gasteiger partial charge < -0.3 is 0 Å². The molecule has 19 heavy (non-hydrogen) atoms. The first-order valence-corrected chi connectivity index (χ1v) is 7.14. The van der Waals surface area contributed by atoms with Crippen LogP contribution in [-0.2, 0) is 9.59 Å². The number of nitrogens with one attached hydrogen (secondary N) is 2. The Morgan fingerprint density at radius 3 is 2.16 bits per heavy atom. The van der Waals surface area contributed by atoms with Crippen molar-refractivity contribution in [2.45, 2.75) is 20.8 Å². The number of thiazole rings is 2. The Labute approximate surface area is 117 Å². The van der Waals surface area contributed by atoms with E-state index in [0.717, 1.165) is 16.3 Å². The molecule has 0 radical (unpaired) electrons. The van der Waals surface area contributed by atoms with E-state index in [1.54, 1.807) is 5.38 Å². The minimum Gasteiger partial charge on any atom is -0.294 e. The van der Waals surface area contributed by atoms with E-state index in [4.69, 9.17) is 0 Å². The fraction of sp³-hybridized carbons (Fsp3) is 0.273. The minimum absolute atomic E-state index is 0.407. The molecule has 2 aromatic rings. The van der Waals surface area contributed by atoms with Gasteiger partial charge in [-0.3, -0.25) is 20.2 Å². The van der Waals surface area contributed by atoms with Gasteiger partial charge in [0.15, 0.2) is 10.3 Å². The third-order valence-corrected chi connectivity index (χ3v) is 4.16. The molecule has 0 aromatic carbocycles. The third-order valence-electron chi connectivity index (χ3n) is 2.29. The van der Waals surface area contributed by atoms with E-state index in [9.17, 15) is 9.59 Å². The Morgan fingerprint density at radius 2 is 1.68 bits per heavy atom. The van der Waals surface area contributed by atoms with Crippen LogP contribution in [0.5, 0.6) is 0 Å². The maximum Gasteiger partial charge on any atom is 0.315 e. The Morgan fingerprint density at radius 1 is 1.05 bits per heavy atom. The number of anilines is 2. The molecule has 2 heterocycles. The summed E-state index contributed by atoms with van der Waals surface area (Å²) in [5, 5.41) is 7.52. The Kier molecular flexibility index (Phi) is 3.91. The van der Waals surface area contributed by atoms with Crippen molar-refractivity contribution in [3.8, 4) is 0 Å². The number of rotatable bonds is 2. The van der Waals surface area contributed by atoms with E-state index in [0.29, 0.717) is 10.3 Å². The monoisotopic (exact) mass is 296 g/mol. The molecule has 2 rings (SSSR count). The van der Waals surface area contributed by atoms with Crippen LogP contribution in [0.2, 0.25) is 0 Å². The molecule has 6 nitrogen and oxygen atoms in total. The third kappa shape index (κ3) is 3.36. The van der Waals surface area contributed by atoms with Gasteiger partial charge in [-0.25, -0.2) is 9.97 Å². The summed E-state index contributed by atoms with van der Waals surface area (Å²) >= 11 is 2.61. The van der Waals surface area contributed by atoms with Crippen LogP contribution >= 0.6 is 22.7 Å². The second kappa shape index (κ2) is 5.45. The van der Waals surface area contributed by atoms with E-state index in [1.807, 2.05) is 20.8 Å². The summed E-state index contributed by atoms with van der Waals surface area (Å²) in [5.74, 6) is -1.50. The summed E-state index contributed by atoms with van der Waals surface area (Å²) in [4.78, 5) is 32.5. The molecule has 0 aliphatic rings. The van der Waals surface area contributed by atoms with E-state index >= 15 is 0 Å². The number of nitrogens with zero attached hydrogens (tertiary/aromatic N) is 2. The fourth-order valence-electron chi connectivity index (χ4n) is 1.25. The zero-order valence-electron chi connectivity index (χ0n) is 10.6. The van der Waals surface area contributed by atoms with Crippen LogP contribution < -0.4 is 10.6 Å². The first-order valence-electron chi connectivity index (χ1n) is 5.44. The van der Waals surface area contributed by atoms with Crippen molar-refractivity contribution in [1.29, 1.82) is 0 Å². The van der Waals surface area contributed by atoms with Crippen molar-refractivity contribution >= 4 is 44.8 Å². The van der Waals surface area contributed by atoms with Crippen LogP contribution in [0.3, 0.4) is 0 Å². The molecule has 0 unspecified atom stereocenters. The summed E-state index contributed by atoms with van der Waals surface area (Å²) in [6, 6.07) is 0. The fourth-order valence-corrected chi connectivity index (χ4v) is 2.74. The van der Waals surface area contributed by atoms with Crippen LogP contribution in [0.15, 0.2) is 5.38 Å². The molecule has 2 N–H and O–H groups in total. The predicted molar refractivity (Wildman–Crippen MR) is 75.7 cm³/mol. The van der Waals surface area contributed by atoms with E-state index in [-0.39, 0.29) is 0 Å². The Bertz CT molecular complexity index is 613. The first kappa shape index (κ1) is 13.6. The lowest BCUT2D eigenvalue weighted by Crippen LogP contribution is -2.29. The Hall–Kier alpha value is -1.80.